The first-order chi connectivity index (χ1) is 8.18. The molecule has 3 N–H and O–H groups in total. The van der Waals surface area contributed by atoms with Gasteiger partial charge in [-0.3, -0.25) is 4.79 Å². The standard InChI is InChI=1S/C13H18N2O2.ClH/c1-9-4-2-3-5-11(9)13(17)15-7-10-6-14-8-12(10)16;/h2-5,10,12,14,16H,6-8H2,1H3,(H,15,17);1H. The first-order valence-electron chi connectivity index (χ1n) is 5.91. The van der Waals surface area contributed by atoms with E-state index in [9.17, 15) is 9.90 Å². The lowest BCUT2D eigenvalue weighted by Crippen LogP contribution is -2.34. The van der Waals surface area contributed by atoms with Gasteiger partial charge in [0.05, 0.1) is 6.10 Å². The Kier molecular flexibility index (Phi) is 5.59. The second-order valence-corrected chi connectivity index (χ2v) is 4.51. The molecule has 0 aliphatic carbocycles. The number of halogens is 1. The molecule has 2 unspecified atom stereocenters. The number of carbonyl (C=O) groups is 1. The van der Waals surface area contributed by atoms with Crippen molar-refractivity contribution in [3.05, 3.63) is 35.4 Å². The van der Waals surface area contributed by atoms with Crippen molar-refractivity contribution >= 4 is 18.3 Å². The molecule has 2 rings (SSSR count). The summed E-state index contributed by atoms with van der Waals surface area (Å²) < 4.78 is 0. The highest BCUT2D eigenvalue weighted by molar-refractivity contribution is 5.95. The number of aliphatic hydroxyl groups is 1. The van der Waals surface area contributed by atoms with E-state index in [-0.39, 0.29) is 30.3 Å². The molecule has 0 aromatic heterocycles. The van der Waals surface area contributed by atoms with Crippen molar-refractivity contribution in [2.24, 2.45) is 5.92 Å². The van der Waals surface area contributed by atoms with E-state index < -0.39 is 0 Å². The average Bonchev–Trinajstić information content (AvgIpc) is 2.72. The quantitative estimate of drug-likeness (QED) is 0.759. The minimum Gasteiger partial charge on any atom is -0.391 e. The molecular weight excluding hydrogens is 252 g/mol. The number of carbonyl (C=O) groups excluding carboxylic acids is 1. The van der Waals surface area contributed by atoms with Crippen LogP contribution in [0.15, 0.2) is 24.3 Å². The van der Waals surface area contributed by atoms with Crippen molar-refractivity contribution in [3.63, 3.8) is 0 Å². The number of β-amino-alcohol motifs (C(OH)–C–C–N with tert-alkyl or cyclic N) is 1. The molecule has 18 heavy (non-hydrogen) atoms. The van der Waals surface area contributed by atoms with Crippen LogP contribution in [0.3, 0.4) is 0 Å². The lowest BCUT2D eigenvalue weighted by atomic mass is 10.1. The fraction of sp³-hybridized carbons (Fsp3) is 0.462. The van der Waals surface area contributed by atoms with Gasteiger partial charge < -0.3 is 15.7 Å². The Hall–Kier alpha value is -1.10. The van der Waals surface area contributed by atoms with Crippen molar-refractivity contribution in [3.8, 4) is 0 Å². The van der Waals surface area contributed by atoms with E-state index in [0.29, 0.717) is 18.7 Å². The van der Waals surface area contributed by atoms with Gasteiger partial charge in [0, 0.05) is 31.1 Å². The van der Waals surface area contributed by atoms with Crippen LogP contribution in [-0.2, 0) is 0 Å². The molecule has 5 heteroatoms. The third kappa shape index (κ3) is 3.45. The number of hydrogen-bond donors (Lipinski definition) is 3. The van der Waals surface area contributed by atoms with Crippen LogP contribution in [0.5, 0.6) is 0 Å². The van der Waals surface area contributed by atoms with Gasteiger partial charge in [-0.15, -0.1) is 12.4 Å². The van der Waals surface area contributed by atoms with Crippen molar-refractivity contribution in [1.82, 2.24) is 10.6 Å². The summed E-state index contributed by atoms with van der Waals surface area (Å²) in [7, 11) is 0. The lowest BCUT2D eigenvalue weighted by molar-refractivity contribution is 0.0926. The third-order valence-corrected chi connectivity index (χ3v) is 3.22. The highest BCUT2D eigenvalue weighted by Crippen LogP contribution is 2.09. The van der Waals surface area contributed by atoms with E-state index >= 15 is 0 Å². The number of aryl methyl sites for hydroxylation is 1. The maximum absolute atomic E-state index is 11.9. The number of nitrogens with one attached hydrogen (secondary N) is 2. The van der Waals surface area contributed by atoms with Gasteiger partial charge in [0.2, 0.25) is 0 Å². The van der Waals surface area contributed by atoms with Crippen LogP contribution < -0.4 is 10.6 Å². The Balaban J connectivity index is 0.00000162. The number of amides is 1. The van der Waals surface area contributed by atoms with Crippen LogP contribution in [0, 0.1) is 12.8 Å². The molecule has 1 fully saturated rings. The first kappa shape index (κ1) is 15.0. The minimum absolute atomic E-state index is 0. The van der Waals surface area contributed by atoms with Gasteiger partial charge >= 0.3 is 0 Å². The SMILES string of the molecule is Cc1ccccc1C(=O)NCC1CNCC1O.Cl. The summed E-state index contributed by atoms with van der Waals surface area (Å²) in [5, 5.41) is 15.6. The molecule has 1 heterocycles. The minimum atomic E-state index is -0.354. The van der Waals surface area contributed by atoms with Gasteiger partial charge in [0.1, 0.15) is 0 Å². The smallest absolute Gasteiger partial charge is 0.251 e. The van der Waals surface area contributed by atoms with E-state index in [1.165, 1.54) is 0 Å². The molecule has 1 aromatic rings. The molecule has 0 bridgehead atoms. The number of aliphatic hydroxyl groups excluding tert-OH is 1. The molecular formula is C13H19ClN2O2. The van der Waals surface area contributed by atoms with Gasteiger partial charge in [0.25, 0.3) is 5.91 Å². The summed E-state index contributed by atoms with van der Waals surface area (Å²) in [6.07, 6.45) is -0.354. The predicted molar refractivity (Wildman–Crippen MR) is 73.1 cm³/mol. The fourth-order valence-electron chi connectivity index (χ4n) is 2.07. The second-order valence-electron chi connectivity index (χ2n) is 4.51. The molecule has 0 spiro atoms. The molecule has 1 saturated heterocycles. The summed E-state index contributed by atoms with van der Waals surface area (Å²) in [6, 6.07) is 7.50. The molecule has 0 saturated carbocycles. The van der Waals surface area contributed by atoms with Crippen LogP contribution in [0.1, 0.15) is 15.9 Å². The summed E-state index contributed by atoms with van der Waals surface area (Å²) >= 11 is 0. The zero-order chi connectivity index (χ0) is 12.3. The summed E-state index contributed by atoms with van der Waals surface area (Å²) in [4.78, 5) is 11.9. The van der Waals surface area contributed by atoms with Gasteiger partial charge in [-0.2, -0.15) is 0 Å². The zero-order valence-corrected chi connectivity index (χ0v) is 11.2. The molecule has 1 aliphatic heterocycles. The van der Waals surface area contributed by atoms with E-state index in [0.717, 1.165) is 12.1 Å². The molecule has 4 nitrogen and oxygen atoms in total. The maximum atomic E-state index is 11.9. The zero-order valence-electron chi connectivity index (χ0n) is 10.3. The van der Waals surface area contributed by atoms with Crippen molar-refractivity contribution in [2.45, 2.75) is 13.0 Å². The van der Waals surface area contributed by atoms with Crippen LogP contribution in [0.4, 0.5) is 0 Å². The van der Waals surface area contributed by atoms with Crippen LogP contribution in [0.25, 0.3) is 0 Å². The summed E-state index contributed by atoms with van der Waals surface area (Å²) in [6.45, 7) is 3.81. The van der Waals surface area contributed by atoms with E-state index in [1.807, 2.05) is 31.2 Å². The maximum Gasteiger partial charge on any atom is 0.251 e. The highest BCUT2D eigenvalue weighted by atomic mass is 35.5. The summed E-state index contributed by atoms with van der Waals surface area (Å²) in [5.41, 5.74) is 1.67. The number of benzene rings is 1. The molecule has 0 radical (unpaired) electrons. The van der Waals surface area contributed by atoms with Crippen LogP contribution >= 0.6 is 12.4 Å². The Labute approximate surface area is 113 Å². The van der Waals surface area contributed by atoms with E-state index in [4.69, 9.17) is 0 Å². The Morgan fingerprint density at radius 2 is 2.17 bits per heavy atom. The van der Waals surface area contributed by atoms with Crippen LogP contribution in [-0.4, -0.2) is 36.8 Å². The van der Waals surface area contributed by atoms with Crippen molar-refractivity contribution < 1.29 is 9.90 Å². The number of rotatable bonds is 3. The lowest BCUT2D eigenvalue weighted by Gasteiger charge is -2.14. The molecule has 1 aliphatic rings. The predicted octanol–water partition coefficient (Wildman–Crippen LogP) is 0.727. The normalized spacial score (nSPS) is 22.3. The largest absolute Gasteiger partial charge is 0.391 e. The Morgan fingerprint density at radius 3 is 2.78 bits per heavy atom. The average molecular weight is 271 g/mol. The van der Waals surface area contributed by atoms with Gasteiger partial charge in [0.15, 0.2) is 0 Å². The third-order valence-electron chi connectivity index (χ3n) is 3.22. The topological polar surface area (TPSA) is 61.4 Å². The van der Waals surface area contributed by atoms with Crippen LogP contribution in [0.2, 0.25) is 0 Å². The summed E-state index contributed by atoms with van der Waals surface area (Å²) in [5.74, 6) is 0.0465. The Morgan fingerprint density at radius 1 is 1.44 bits per heavy atom. The molecule has 1 amide bonds. The highest BCUT2D eigenvalue weighted by Gasteiger charge is 2.25. The van der Waals surface area contributed by atoms with E-state index in [2.05, 4.69) is 10.6 Å². The van der Waals surface area contributed by atoms with Gasteiger partial charge in [-0.1, -0.05) is 18.2 Å². The number of hydrogen-bond acceptors (Lipinski definition) is 3. The van der Waals surface area contributed by atoms with Crippen molar-refractivity contribution in [2.75, 3.05) is 19.6 Å². The van der Waals surface area contributed by atoms with Crippen molar-refractivity contribution in [1.29, 1.82) is 0 Å². The first-order valence-corrected chi connectivity index (χ1v) is 5.91. The van der Waals surface area contributed by atoms with Gasteiger partial charge in [-0.05, 0) is 18.6 Å². The van der Waals surface area contributed by atoms with E-state index in [1.54, 1.807) is 0 Å². The Bertz CT molecular complexity index is 412. The second kappa shape index (κ2) is 6.73. The molecule has 2 atom stereocenters. The monoisotopic (exact) mass is 270 g/mol. The molecule has 100 valence electrons. The fourth-order valence-corrected chi connectivity index (χ4v) is 2.07. The van der Waals surface area contributed by atoms with Gasteiger partial charge in [-0.25, -0.2) is 0 Å². The molecule has 1 aromatic carbocycles.